The van der Waals surface area contributed by atoms with Gasteiger partial charge < -0.3 is 15.1 Å². The molecule has 1 fully saturated rings. The summed E-state index contributed by atoms with van der Waals surface area (Å²) in [5.74, 6) is 0.0735. The maximum absolute atomic E-state index is 12.7. The molecular weight excluding hydrogens is 306 g/mol. The Labute approximate surface area is 131 Å². The number of thiazole rings is 1. The Morgan fingerprint density at radius 2 is 2.10 bits per heavy atom. The molecule has 3 heterocycles. The van der Waals surface area contributed by atoms with Gasteiger partial charge >= 0.3 is 0 Å². The lowest BCUT2D eigenvalue weighted by molar-refractivity contribution is 0.0747. The van der Waals surface area contributed by atoms with Gasteiger partial charge in [0.2, 0.25) is 0 Å². The molecule has 2 aromatic heterocycles. The molecule has 0 atom stereocenters. The summed E-state index contributed by atoms with van der Waals surface area (Å²) in [6, 6.07) is 0. The van der Waals surface area contributed by atoms with Crippen LogP contribution in [0.2, 0.25) is 0 Å². The minimum atomic E-state index is 0.0735. The summed E-state index contributed by atoms with van der Waals surface area (Å²) >= 11 is 2.98. The average Bonchev–Trinajstić information content (AvgIpc) is 3.16. The standard InChI is InChI=1S/C13H17N5OS2/c1-9-10(11(14-2)21-16-9)12(19)17-4-6-18(7-5-17)13-15-3-8-20-13/h3,8,14H,4-7H2,1-2H3. The van der Waals surface area contributed by atoms with Crippen molar-refractivity contribution < 1.29 is 4.79 Å². The highest BCUT2D eigenvalue weighted by atomic mass is 32.1. The Kier molecular flexibility index (Phi) is 4.07. The molecule has 0 aromatic carbocycles. The van der Waals surface area contributed by atoms with Gasteiger partial charge in [-0.15, -0.1) is 11.3 Å². The molecule has 0 saturated carbocycles. The molecule has 0 bridgehead atoms. The van der Waals surface area contributed by atoms with Gasteiger partial charge in [-0.3, -0.25) is 4.79 Å². The molecule has 0 spiro atoms. The zero-order valence-corrected chi connectivity index (χ0v) is 13.6. The van der Waals surface area contributed by atoms with Crippen LogP contribution in [0.15, 0.2) is 11.6 Å². The van der Waals surface area contributed by atoms with Crippen molar-refractivity contribution in [3.8, 4) is 0 Å². The fourth-order valence-electron chi connectivity index (χ4n) is 2.42. The number of piperazine rings is 1. The third-order valence-corrected chi connectivity index (χ3v) is 5.35. The number of hydrogen-bond donors (Lipinski definition) is 1. The molecule has 2 aromatic rings. The second-order valence-electron chi connectivity index (χ2n) is 4.82. The summed E-state index contributed by atoms with van der Waals surface area (Å²) in [4.78, 5) is 21.1. The van der Waals surface area contributed by atoms with E-state index < -0.39 is 0 Å². The first-order valence-electron chi connectivity index (χ1n) is 6.78. The molecule has 8 heteroatoms. The van der Waals surface area contributed by atoms with E-state index in [9.17, 15) is 4.79 Å². The molecule has 0 aliphatic carbocycles. The topological polar surface area (TPSA) is 61.4 Å². The zero-order chi connectivity index (χ0) is 14.8. The van der Waals surface area contributed by atoms with E-state index in [-0.39, 0.29) is 5.91 Å². The van der Waals surface area contributed by atoms with Gasteiger partial charge in [-0.05, 0) is 18.5 Å². The predicted molar refractivity (Wildman–Crippen MR) is 86.6 cm³/mol. The Morgan fingerprint density at radius 3 is 2.71 bits per heavy atom. The molecule has 1 aliphatic heterocycles. The summed E-state index contributed by atoms with van der Waals surface area (Å²) < 4.78 is 4.27. The monoisotopic (exact) mass is 323 g/mol. The number of carbonyl (C=O) groups excluding carboxylic acids is 1. The quantitative estimate of drug-likeness (QED) is 0.935. The van der Waals surface area contributed by atoms with Gasteiger partial charge in [0.15, 0.2) is 5.13 Å². The first-order chi connectivity index (χ1) is 10.2. The highest BCUT2D eigenvalue weighted by molar-refractivity contribution is 7.13. The maximum Gasteiger partial charge on any atom is 0.258 e. The van der Waals surface area contributed by atoms with E-state index in [1.54, 1.807) is 11.3 Å². The highest BCUT2D eigenvalue weighted by Crippen LogP contribution is 2.26. The molecule has 21 heavy (non-hydrogen) atoms. The summed E-state index contributed by atoms with van der Waals surface area (Å²) in [5.41, 5.74) is 1.52. The van der Waals surface area contributed by atoms with Gasteiger partial charge in [-0.1, -0.05) is 0 Å². The third kappa shape index (κ3) is 2.73. The van der Waals surface area contributed by atoms with E-state index in [0.29, 0.717) is 5.56 Å². The van der Waals surface area contributed by atoms with Crippen LogP contribution in [0.25, 0.3) is 0 Å². The van der Waals surface area contributed by atoms with Crippen molar-refractivity contribution in [2.45, 2.75) is 6.92 Å². The van der Waals surface area contributed by atoms with Gasteiger partial charge in [0.1, 0.15) is 5.00 Å². The van der Waals surface area contributed by atoms with Crippen LogP contribution in [-0.4, -0.2) is 53.4 Å². The van der Waals surface area contributed by atoms with E-state index in [1.165, 1.54) is 11.5 Å². The van der Waals surface area contributed by atoms with E-state index in [1.807, 2.05) is 30.4 Å². The number of nitrogens with one attached hydrogen (secondary N) is 1. The number of hydrogen-bond acceptors (Lipinski definition) is 7. The van der Waals surface area contributed by atoms with Crippen LogP contribution in [0.5, 0.6) is 0 Å². The SMILES string of the molecule is CNc1snc(C)c1C(=O)N1CCN(c2nccs2)CC1. The Hall–Kier alpha value is -1.67. The minimum Gasteiger partial charge on any atom is -0.378 e. The zero-order valence-electron chi connectivity index (χ0n) is 12.0. The van der Waals surface area contributed by atoms with E-state index in [2.05, 4.69) is 19.6 Å². The molecule has 0 unspecified atom stereocenters. The lowest BCUT2D eigenvalue weighted by Gasteiger charge is -2.34. The molecule has 6 nitrogen and oxygen atoms in total. The van der Waals surface area contributed by atoms with Crippen LogP contribution in [-0.2, 0) is 0 Å². The Bertz CT molecular complexity index is 617. The molecule has 112 valence electrons. The second-order valence-corrected chi connectivity index (χ2v) is 6.46. The largest absolute Gasteiger partial charge is 0.378 e. The van der Waals surface area contributed by atoms with Gasteiger partial charge in [0.05, 0.1) is 11.3 Å². The first-order valence-corrected chi connectivity index (χ1v) is 8.43. The van der Waals surface area contributed by atoms with Gasteiger partial charge in [0.25, 0.3) is 5.91 Å². The second kappa shape index (κ2) is 5.98. The molecular formula is C13H17N5OS2. The van der Waals surface area contributed by atoms with Crippen LogP contribution in [0.4, 0.5) is 10.1 Å². The summed E-state index contributed by atoms with van der Waals surface area (Å²) in [6.07, 6.45) is 1.82. The van der Waals surface area contributed by atoms with Crippen LogP contribution in [0.1, 0.15) is 16.1 Å². The smallest absolute Gasteiger partial charge is 0.258 e. The number of aryl methyl sites for hydroxylation is 1. The number of anilines is 2. The molecule has 0 radical (unpaired) electrons. The number of aromatic nitrogens is 2. The summed E-state index contributed by atoms with van der Waals surface area (Å²) in [5, 5.41) is 6.92. The van der Waals surface area contributed by atoms with E-state index >= 15 is 0 Å². The molecule has 1 saturated heterocycles. The highest BCUT2D eigenvalue weighted by Gasteiger charge is 2.27. The summed E-state index contributed by atoms with van der Waals surface area (Å²) in [6.45, 7) is 4.97. The molecule has 1 amide bonds. The van der Waals surface area contributed by atoms with Crippen LogP contribution < -0.4 is 10.2 Å². The van der Waals surface area contributed by atoms with Crippen molar-refractivity contribution in [2.75, 3.05) is 43.4 Å². The Balaban J connectivity index is 1.69. The van der Waals surface area contributed by atoms with Crippen LogP contribution >= 0.6 is 22.9 Å². The normalized spacial score (nSPS) is 15.3. The van der Waals surface area contributed by atoms with Crippen LogP contribution in [0, 0.1) is 6.92 Å². The van der Waals surface area contributed by atoms with Crippen molar-refractivity contribution in [3.05, 3.63) is 22.8 Å². The molecule has 1 aliphatic rings. The predicted octanol–water partition coefficient (Wildman–Crippen LogP) is 1.91. The fourth-order valence-corrected chi connectivity index (χ4v) is 3.86. The van der Waals surface area contributed by atoms with Crippen LogP contribution in [0.3, 0.4) is 0 Å². The average molecular weight is 323 g/mol. The lowest BCUT2D eigenvalue weighted by atomic mass is 10.2. The van der Waals surface area contributed by atoms with Gasteiger partial charge in [-0.25, -0.2) is 4.98 Å². The summed E-state index contributed by atoms with van der Waals surface area (Å²) in [7, 11) is 1.82. The third-order valence-electron chi connectivity index (χ3n) is 3.56. The minimum absolute atomic E-state index is 0.0735. The van der Waals surface area contributed by atoms with E-state index in [4.69, 9.17) is 0 Å². The molecule has 3 rings (SSSR count). The Morgan fingerprint density at radius 1 is 1.33 bits per heavy atom. The number of rotatable bonds is 3. The molecule has 1 N–H and O–H groups in total. The number of amides is 1. The van der Waals surface area contributed by atoms with Crippen molar-refractivity contribution >= 4 is 38.9 Å². The fraction of sp³-hybridized carbons (Fsp3) is 0.462. The van der Waals surface area contributed by atoms with Crippen molar-refractivity contribution in [3.63, 3.8) is 0 Å². The van der Waals surface area contributed by atoms with E-state index in [0.717, 1.165) is 42.0 Å². The number of nitrogens with zero attached hydrogens (tertiary/aromatic N) is 4. The lowest BCUT2D eigenvalue weighted by Crippen LogP contribution is -2.48. The van der Waals surface area contributed by atoms with Crippen molar-refractivity contribution in [1.29, 1.82) is 0 Å². The van der Waals surface area contributed by atoms with Gasteiger partial charge in [-0.2, -0.15) is 4.37 Å². The van der Waals surface area contributed by atoms with Crippen molar-refractivity contribution in [1.82, 2.24) is 14.3 Å². The van der Waals surface area contributed by atoms with Crippen molar-refractivity contribution in [2.24, 2.45) is 0 Å². The number of carbonyl (C=O) groups is 1. The van der Waals surface area contributed by atoms with Gasteiger partial charge in [0, 0.05) is 44.8 Å². The first kappa shape index (κ1) is 14.3. The maximum atomic E-state index is 12.7.